The highest BCUT2D eigenvalue weighted by Gasteiger charge is 2.55. The topological polar surface area (TPSA) is 9.23 Å². The summed E-state index contributed by atoms with van der Waals surface area (Å²) in [6, 6.07) is 0. The van der Waals surface area contributed by atoms with Crippen LogP contribution in [-0.2, 0) is 4.74 Å². The van der Waals surface area contributed by atoms with Gasteiger partial charge in [0.2, 0.25) is 0 Å². The van der Waals surface area contributed by atoms with Crippen molar-refractivity contribution in [3.8, 4) is 0 Å². The molecule has 2 saturated carbocycles. The summed E-state index contributed by atoms with van der Waals surface area (Å²) < 4.78 is 6.06. The molecule has 3 fully saturated rings. The molecule has 3 aliphatic rings. The van der Waals surface area contributed by atoms with Crippen LogP contribution in [0.25, 0.3) is 0 Å². The third-order valence-corrected chi connectivity index (χ3v) is 6.30. The van der Waals surface area contributed by atoms with Gasteiger partial charge in [0.1, 0.15) is 0 Å². The molecule has 0 aromatic carbocycles. The van der Waals surface area contributed by atoms with Gasteiger partial charge in [0, 0.05) is 6.61 Å². The van der Waals surface area contributed by atoms with Gasteiger partial charge in [0.25, 0.3) is 0 Å². The molecule has 2 aliphatic carbocycles. The summed E-state index contributed by atoms with van der Waals surface area (Å²) in [6.07, 6.45) is 10.4. The molecule has 1 nitrogen and oxygen atoms in total. The van der Waals surface area contributed by atoms with E-state index in [1.165, 1.54) is 44.9 Å². The van der Waals surface area contributed by atoms with Crippen LogP contribution in [0.3, 0.4) is 0 Å². The fourth-order valence-electron chi connectivity index (χ4n) is 5.54. The van der Waals surface area contributed by atoms with Gasteiger partial charge in [-0.15, -0.1) is 0 Å². The predicted octanol–water partition coefficient (Wildman–Crippen LogP) is 4.41. The smallest absolute Gasteiger partial charge is 0.0608 e. The lowest BCUT2D eigenvalue weighted by Crippen LogP contribution is -2.54. The fraction of sp³-hybridized carbons (Fsp3) is 1.00. The number of hydrogen-bond donors (Lipinski definition) is 0. The minimum Gasteiger partial charge on any atom is -0.378 e. The first-order valence-corrected chi connectivity index (χ1v) is 7.66. The molecule has 1 heteroatoms. The van der Waals surface area contributed by atoms with Gasteiger partial charge in [-0.05, 0) is 61.2 Å². The Kier molecular flexibility index (Phi) is 2.81. The summed E-state index contributed by atoms with van der Waals surface area (Å²) in [5, 5.41) is 0. The monoisotopic (exact) mass is 236 g/mol. The minimum atomic E-state index is 0.565. The molecule has 0 bridgehead atoms. The summed E-state index contributed by atoms with van der Waals surface area (Å²) in [5.41, 5.74) is 1.14. The van der Waals surface area contributed by atoms with Crippen molar-refractivity contribution in [3.05, 3.63) is 0 Å². The zero-order valence-electron chi connectivity index (χ0n) is 11.8. The maximum Gasteiger partial charge on any atom is 0.0608 e. The van der Waals surface area contributed by atoms with Crippen LogP contribution in [0.15, 0.2) is 0 Å². The first-order valence-electron chi connectivity index (χ1n) is 7.66. The molecule has 1 heterocycles. The molecule has 0 radical (unpaired) electrons. The standard InChI is InChI=1S/C16H28O/c1-15(2)9-5-10-16(3)12-6-4-11-17-13(12)7-8-14(15)16/h12-14H,4-11H2,1-3H3/t12-,13+,14-,16+/m0/s1. The van der Waals surface area contributed by atoms with Crippen molar-refractivity contribution in [1.82, 2.24) is 0 Å². The molecule has 0 aromatic heterocycles. The van der Waals surface area contributed by atoms with Crippen molar-refractivity contribution < 1.29 is 4.74 Å². The molecule has 17 heavy (non-hydrogen) atoms. The highest BCUT2D eigenvalue weighted by atomic mass is 16.5. The van der Waals surface area contributed by atoms with Crippen LogP contribution in [0.1, 0.15) is 65.7 Å². The van der Waals surface area contributed by atoms with Gasteiger partial charge in [-0.25, -0.2) is 0 Å². The highest BCUT2D eigenvalue weighted by Crippen LogP contribution is 2.61. The Balaban J connectivity index is 1.90. The van der Waals surface area contributed by atoms with Gasteiger partial charge >= 0.3 is 0 Å². The molecule has 0 aromatic rings. The molecular formula is C16H28O. The van der Waals surface area contributed by atoms with Crippen molar-refractivity contribution in [1.29, 1.82) is 0 Å². The second kappa shape index (κ2) is 3.98. The third kappa shape index (κ3) is 1.77. The largest absolute Gasteiger partial charge is 0.378 e. The van der Waals surface area contributed by atoms with Crippen LogP contribution in [0.4, 0.5) is 0 Å². The van der Waals surface area contributed by atoms with Gasteiger partial charge in [0.05, 0.1) is 6.10 Å². The van der Waals surface area contributed by atoms with E-state index in [4.69, 9.17) is 4.74 Å². The molecule has 0 N–H and O–H groups in total. The number of hydrogen-bond acceptors (Lipinski definition) is 1. The lowest BCUT2D eigenvalue weighted by molar-refractivity contribution is -0.163. The molecule has 3 rings (SSSR count). The summed E-state index contributed by atoms with van der Waals surface area (Å²) in [7, 11) is 0. The predicted molar refractivity (Wildman–Crippen MR) is 70.9 cm³/mol. The zero-order valence-corrected chi connectivity index (χ0v) is 11.8. The lowest BCUT2D eigenvalue weighted by atomic mass is 9.47. The minimum absolute atomic E-state index is 0.565. The Bertz CT molecular complexity index is 296. The molecule has 1 aliphatic heterocycles. The number of rotatable bonds is 0. The van der Waals surface area contributed by atoms with Crippen LogP contribution < -0.4 is 0 Å². The van der Waals surface area contributed by atoms with E-state index in [0.29, 0.717) is 16.9 Å². The first-order chi connectivity index (χ1) is 8.04. The Labute approximate surface area is 106 Å². The van der Waals surface area contributed by atoms with Gasteiger partial charge in [0.15, 0.2) is 0 Å². The van der Waals surface area contributed by atoms with Gasteiger partial charge in [-0.2, -0.15) is 0 Å². The van der Waals surface area contributed by atoms with Gasteiger partial charge in [-0.3, -0.25) is 0 Å². The van der Waals surface area contributed by atoms with Crippen molar-refractivity contribution >= 4 is 0 Å². The molecule has 1 saturated heterocycles. The van der Waals surface area contributed by atoms with E-state index in [1.807, 2.05) is 0 Å². The third-order valence-electron chi connectivity index (χ3n) is 6.30. The SMILES string of the molecule is CC1(C)CCC[C@]2(C)[C@H]3CCCO[C@@H]3CC[C@@H]12. The Hall–Kier alpha value is -0.0400. The molecule has 0 unspecified atom stereocenters. The number of fused-ring (bicyclic) bond motifs is 3. The van der Waals surface area contributed by atoms with Crippen molar-refractivity contribution in [2.45, 2.75) is 71.8 Å². The van der Waals surface area contributed by atoms with E-state index < -0.39 is 0 Å². The Morgan fingerprint density at radius 3 is 2.59 bits per heavy atom. The normalized spacial score (nSPS) is 49.2. The Morgan fingerprint density at radius 1 is 0.941 bits per heavy atom. The average molecular weight is 236 g/mol. The van der Waals surface area contributed by atoms with Crippen molar-refractivity contribution in [3.63, 3.8) is 0 Å². The van der Waals surface area contributed by atoms with E-state index in [9.17, 15) is 0 Å². The maximum atomic E-state index is 6.06. The summed E-state index contributed by atoms with van der Waals surface area (Å²) in [4.78, 5) is 0. The lowest BCUT2D eigenvalue weighted by Gasteiger charge is -2.60. The van der Waals surface area contributed by atoms with E-state index in [1.54, 1.807) is 0 Å². The second-order valence-corrected chi connectivity index (χ2v) is 7.64. The molecule has 4 atom stereocenters. The maximum absolute atomic E-state index is 6.06. The van der Waals surface area contributed by atoms with Crippen LogP contribution >= 0.6 is 0 Å². The Morgan fingerprint density at radius 2 is 1.76 bits per heavy atom. The van der Waals surface area contributed by atoms with Crippen LogP contribution in [0.5, 0.6) is 0 Å². The van der Waals surface area contributed by atoms with Crippen LogP contribution in [0.2, 0.25) is 0 Å². The molecule has 98 valence electrons. The second-order valence-electron chi connectivity index (χ2n) is 7.64. The van der Waals surface area contributed by atoms with E-state index >= 15 is 0 Å². The first kappa shape index (κ1) is 12.0. The van der Waals surface area contributed by atoms with Crippen LogP contribution in [-0.4, -0.2) is 12.7 Å². The summed E-state index contributed by atoms with van der Waals surface area (Å²) >= 11 is 0. The zero-order chi connectivity index (χ0) is 12.1. The van der Waals surface area contributed by atoms with Gasteiger partial charge in [-0.1, -0.05) is 27.2 Å². The molecular weight excluding hydrogens is 208 g/mol. The van der Waals surface area contributed by atoms with E-state index in [0.717, 1.165) is 18.4 Å². The average Bonchev–Trinajstić information content (AvgIpc) is 2.28. The fourth-order valence-corrected chi connectivity index (χ4v) is 5.54. The molecule has 0 spiro atoms. The van der Waals surface area contributed by atoms with Crippen LogP contribution in [0, 0.1) is 22.7 Å². The van der Waals surface area contributed by atoms with E-state index in [-0.39, 0.29) is 0 Å². The number of ether oxygens (including phenoxy) is 1. The summed E-state index contributed by atoms with van der Waals surface area (Å²) in [5.74, 6) is 1.79. The van der Waals surface area contributed by atoms with Crippen molar-refractivity contribution in [2.24, 2.45) is 22.7 Å². The van der Waals surface area contributed by atoms with Gasteiger partial charge < -0.3 is 4.74 Å². The van der Waals surface area contributed by atoms with E-state index in [2.05, 4.69) is 20.8 Å². The molecule has 0 amide bonds. The highest BCUT2D eigenvalue weighted by molar-refractivity contribution is 5.04. The summed E-state index contributed by atoms with van der Waals surface area (Å²) in [6.45, 7) is 8.63. The quantitative estimate of drug-likeness (QED) is 0.605. The van der Waals surface area contributed by atoms with Crippen molar-refractivity contribution in [2.75, 3.05) is 6.61 Å².